The van der Waals surface area contributed by atoms with Crippen molar-refractivity contribution in [3.05, 3.63) is 21.9 Å². The van der Waals surface area contributed by atoms with E-state index in [0.29, 0.717) is 17.9 Å². The van der Waals surface area contributed by atoms with E-state index >= 15 is 0 Å². The first-order chi connectivity index (χ1) is 10.2. The molecule has 3 nitrogen and oxygen atoms in total. The maximum atomic E-state index is 12.9. The van der Waals surface area contributed by atoms with Crippen molar-refractivity contribution in [3.63, 3.8) is 0 Å². The summed E-state index contributed by atoms with van der Waals surface area (Å²) in [5, 5.41) is 2.17. The minimum Gasteiger partial charge on any atom is -0.335 e. The quantitative estimate of drug-likeness (QED) is 0.931. The van der Waals surface area contributed by atoms with Crippen LogP contribution < -0.4 is 5.73 Å². The summed E-state index contributed by atoms with van der Waals surface area (Å²) in [6, 6.07) is 2.53. The van der Waals surface area contributed by atoms with Gasteiger partial charge in [0.05, 0.1) is 6.04 Å². The number of hydrogen-bond donors (Lipinski definition) is 1. The number of thiophene rings is 1. The van der Waals surface area contributed by atoms with Crippen LogP contribution in [-0.2, 0) is 11.2 Å². The Labute approximate surface area is 131 Å². The number of hydrogen-bond acceptors (Lipinski definition) is 3. The molecule has 1 fully saturated rings. The Morgan fingerprint density at radius 1 is 1.38 bits per heavy atom. The van der Waals surface area contributed by atoms with E-state index in [0.717, 1.165) is 51.6 Å². The SMILES string of the molecule is CCC1c2ccsc2CCN1C(=O)C1CCC(CN)CC1. The Kier molecular flexibility index (Phi) is 4.65. The second kappa shape index (κ2) is 6.49. The maximum Gasteiger partial charge on any atom is 0.226 e. The third kappa shape index (κ3) is 2.88. The highest BCUT2D eigenvalue weighted by Crippen LogP contribution is 2.38. The van der Waals surface area contributed by atoms with Gasteiger partial charge >= 0.3 is 0 Å². The smallest absolute Gasteiger partial charge is 0.226 e. The summed E-state index contributed by atoms with van der Waals surface area (Å²) in [7, 11) is 0. The summed E-state index contributed by atoms with van der Waals surface area (Å²) in [5.41, 5.74) is 7.16. The summed E-state index contributed by atoms with van der Waals surface area (Å²) in [5.74, 6) is 1.28. The van der Waals surface area contributed by atoms with Crippen molar-refractivity contribution in [2.24, 2.45) is 17.6 Å². The molecule has 1 aliphatic carbocycles. The third-order valence-corrected chi connectivity index (χ3v) is 6.29. The molecule has 1 atom stereocenters. The van der Waals surface area contributed by atoms with Gasteiger partial charge in [-0.15, -0.1) is 11.3 Å². The van der Waals surface area contributed by atoms with Crippen molar-refractivity contribution in [2.45, 2.75) is 51.5 Å². The lowest BCUT2D eigenvalue weighted by Crippen LogP contribution is -2.43. The van der Waals surface area contributed by atoms with Crippen LogP contribution in [0, 0.1) is 11.8 Å². The minimum absolute atomic E-state index is 0.238. The summed E-state index contributed by atoms with van der Waals surface area (Å²) < 4.78 is 0. The minimum atomic E-state index is 0.238. The zero-order chi connectivity index (χ0) is 14.8. The first-order valence-electron chi connectivity index (χ1n) is 8.31. The Morgan fingerprint density at radius 3 is 2.81 bits per heavy atom. The fourth-order valence-corrected chi connectivity index (χ4v) is 4.91. The summed E-state index contributed by atoms with van der Waals surface area (Å²) in [4.78, 5) is 16.6. The fraction of sp³-hybridized carbons (Fsp3) is 0.706. The first kappa shape index (κ1) is 15.0. The average Bonchev–Trinajstić information content (AvgIpc) is 3.02. The fourth-order valence-electron chi connectivity index (χ4n) is 3.98. The summed E-state index contributed by atoms with van der Waals surface area (Å²) in [6.07, 6.45) is 6.37. The van der Waals surface area contributed by atoms with Gasteiger partial charge in [0.25, 0.3) is 0 Å². The molecule has 1 saturated carbocycles. The lowest BCUT2D eigenvalue weighted by atomic mass is 9.81. The van der Waals surface area contributed by atoms with E-state index in [2.05, 4.69) is 23.3 Å². The maximum absolute atomic E-state index is 12.9. The lowest BCUT2D eigenvalue weighted by molar-refractivity contribution is -0.140. The van der Waals surface area contributed by atoms with Gasteiger partial charge in [-0.2, -0.15) is 0 Å². The molecule has 2 heterocycles. The van der Waals surface area contributed by atoms with Crippen LogP contribution in [0.1, 0.15) is 55.5 Å². The molecule has 21 heavy (non-hydrogen) atoms. The number of fused-ring (bicyclic) bond motifs is 1. The van der Waals surface area contributed by atoms with Crippen LogP contribution in [0.2, 0.25) is 0 Å². The number of amides is 1. The molecule has 0 spiro atoms. The van der Waals surface area contributed by atoms with Crippen LogP contribution in [-0.4, -0.2) is 23.9 Å². The molecule has 0 aromatic carbocycles. The lowest BCUT2D eigenvalue weighted by Gasteiger charge is -2.39. The predicted molar refractivity (Wildman–Crippen MR) is 87.3 cm³/mol. The van der Waals surface area contributed by atoms with Crippen molar-refractivity contribution < 1.29 is 4.79 Å². The van der Waals surface area contributed by atoms with Crippen molar-refractivity contribution in [1.82, 2.24) is 4.90 Å². The zero-order valence-corrected chi connectivity index (χ0v) is 13.7. The van der Waals surface area contributed by atoms with Crippen LogP contribution in [0.25, 0.3) is 0 Å². The molecule has 1 aromatic heterocycles. The van der Waals surface area contributed by atoms with E-state index in [-0.39, 0.29) is 5.92 Å². The van der Waals surface area contributed by atoms with E-state index in [1.165, 1.54) is 10.4 Å². The molecule has 116 valence electrons. The Hall–Kier alpha value is -0.870. The monoisotopic (exact) mass is 306 g/mol. The second-order valence-corrected chi connectivity index (χ2v) is 7.46. The van der Waals surface area contributed by atoms with Crippen LogP contribution in [0.5, 0.6) is 0 Å². The molecule has 1 unspecified atom stereocenters. The molecular formula is C17H26N2OS. The van der Waals surface area contributed by atoms with Gasteiger partial charge in [0.2, 0.25) is 5.91 Å². The van der Waals surface area contributed by atoms with E-state index in [4.69, 9.17) is 5.73 Å². The van der Waals surface area contributed by atoms with Crippen LogP contribution in [0.3, 0.4) is 0 Å². The van der Waals surface area contributed by atoms with E-state index in [1.807, 2.05) is 11.3 Å². The highest BCUT2D eigenvalue weighted by atomic mass is 32.1. The number of nitrogens with two attached hydrogens (primary N) is 1. The van der Waals surface area contributed by atoms with E-state index < -0.39 is 0 Å². The Balaban J connectivity index is 1.70. The molecular weight excluding hydrogens is 280 g/mol. The van der Waals surface area contributed by atoms with Gasteiger partial charge in [0.15, 0.2) is 0 Å². The van der Waals surface area contributed by atoms with Gasteiger partial charge in [-0.3, -0.25) is 4.79 Å². The molecule has 1 aliphatic heterocycles. The van der Waals surface area contributed by atoms with Gasteiger partial charge < -0.3 is 10.6 Å². The predicted octanol–water partition coefficient (Wildman–Crippen LogP) is 3.35. The van der Waals surface area contributed by atoms with Gasteiger partial charge in [0.1, 0.15) is 0 Å². The first-order valence-corrected chi connectivity index (χ1v) is 9.19. The number of carbonyl (C=O) groups excluding carboxylic acids is 1. The van der Waals surface area contributed by atoms with Gasteiger partial charge in [-0.25, -0.2) is 0 Å². The average molecular weight is 306 g/mol. The highest BCUT2D eigenvalue weighted by molar-refractivity contribution is 7.10. The number of carbonyl (C=O) groups is 1. The number of nitrogens with zero attached hydrogens (tertiary/aromatic N) is 1. The van der Waals surface area contributed by atoms with Gasteiger partial charge in [-0.1, -0.05) is 6.92 Å². The molecule has 0 bridgehead atoms. The molecule has 1 aromatic rings. The molecule has 0 saturated heterocycles. The van der Waals surface area contributed by atoms with E-state index in [1.54, 1.807) is 0 Å². The molecule has 3 rings (SSSR count). The largest absolute Gasteiger partial charge is 0.335 e. The van der Waals surface area contributed by atoms with Crippen molar-refractivity contribution in [3.8, 4) is 0 Å². The zero-order valence-electron chi connectivity index (χ0n) is 12.9. The molecule has 1 amide bonds. The molecule has 4 heteroatoms. The Morgan fingerprint density at radius 2 is 2.14 bits per heavy atom. The molecule has 2 aliphatic rings. The van der Waals surface area contributed by atoms with Crippen molar-refractivity contribution in [2.75, 3.05) is 13.1 Å². The van der Waals surface area contributed by atoms with Crippen molar-refractivity contribution in [1.29, 1.82) is 0 Å². The highest BCUT2D eigenvalue weighted by Gasteiger charge is 2.35. The van der Waals surface area contributed by atoms with Crippen molar-refractivity contribution >= 4 is 17.2 Å². The second-order valence-electron chi connectivity index (χ2n) is 6.46. The standard InChI is InChI=1S/C17H26N2OS/c1-2-15-14-8-10-21-16(14)7-9-19(15)17(20)13-5-3-12(11-18)4-6-13/h8,10,12-13,15H,2-7,9,11,18H2,1H3. The van der Waals surface area contributed by atoms with Gasteiger partial charge in [0, 0.05) is 17.3 Å². The topological polar surface area (TPSA) is 46.3 Å². The normalized spacial score (nSPS) is 29.2. The molecule has 0 radical (unpaired) electrons. The Bertz CT molecular complexity index is 491. The van der Waals surface area contributed by atoms with Crippen LogP contribution in [0.4, 0.5) is 0 Å². The third-order valence-electron chi connectivity index (χ3n) is 5.29. The molecule has 2 N–H and O–H groups in total. The van der Waals surface area contributed by atoms with E-state index in [9.17, 15) is 4.79 Å². The van der Waals surface area contributed by atoms with Crippen LogP contribution >= 0.6 is 11.3 Å². The summed E-state index contributed by atoms with van der Waals surface area (Å²) >= 11 is 1.85. The van der Waals surface area contributed by atoms with Gasteiger partial charge in [-0.05, 0) is 68.0 Å². The summed E-state index contributed by atoms with van der Waals surface area (Å²) in [6.45, 7) is 3.88. The van der Waals surface area contributed by atoms with Crippen LogP contribution in [0.15, 0.2) is 11.4 Å². The number of rotatable bonds is 3.